The van der Waals surface area contributed by atoms with Crippen LogP contribution in [0.25, 0.3) is 0 Å². The number of hydrogen-bond donors (Lipinski definition) is 1. The molecule has 2 aliphatic heterocycles. The summed E-state index contributed by atoms with van der Waals surface area (Å²) in [4.78, 5) is 10.8. The molecule has 3 atom stereocenters. The molecule has 0 saturated carbocycles. The van der Waals surface area contributed by atoms with E-state index >= 15 is 0 Å². The van der Waals surface area contributed by atoms with Gasteiger partial charge in [-0.1, -0.05) is 0 Å². The Balaban J connectivity index is 1.93. The maximum Gasteiger partial charge on any atom is 0.133 e. The second kappa shape index (κ2) is 3.40. The molecule has 16 heavy (non-hydrogen) atoms. The Morgan fingerprint density at radius 3 is 2.81 bits per heavy atom. The summed E-state index contributed by atoms with van der Waals surface area (Å²) in [5, 5.41) is 9.89. The predicted octanol–water partition coefficient (Wildman–Crippen LogP) is 0.0417. The van der Waals surface area contributed by atoms with Crippen LogP contribution in [0.3, 0.4) is 0 Å². The van der Waals surface area contributed by atoms with Crippen LogP contribution in [0.5, 0.6) is 0 Å². The summed E-state index contributed by atoms with van der Waals surface area (Å²) in [6.07, 6.45) is -0.434. The van der Waals surface area contributed by atoms with Crippen molar-refractivity contribution in [3.8, 4) is 0 Å². The molecule has 3 rings (SSSR count). The molecule has 1 N–H and O–H groups in total. The third-order valence-corrected chi connectivity index (χ3v) is 3.28. The number of nitrogens with zero attached hydrogens (tertiary/aromatic N) is 3. The molecule has 1 aromatic rings. The molecule has 5 heteroatoms. The van der Waals surface area contributed by atoms with E-state index in [-0.39, 0.29) is 18.2 Å². The Bertz CT molecular complexity index is 403. The summed E-state index contributed by atoms with van der Waals surface area (Å²) >= 11 is 0. The van der Waals surface area contributed by atoms with Gasteiger partial charge in [-0.05, 0) is 13.8 Å². The van der Waals surface area contributed by atoms with E-state index < -0.39 is 0 Å². The number of hydrogen-bond acceptors (Lipinski definition) is 5. The molecule has 2 fully saturated rings. The minimum Gasteiger partial charge on any atom is -0.388 e. The van der Waals surface area contributed by atoms with Gasteiger partial charge in [0, 0.05) is 18.3 Å². The van der Waals surface area contributed by atoms with Crippen molar-refractivity contribution >= 4 is 5.82 Å². The average Bonchev–Trinajstić information content (AvgIpc) is 2.73. The van der Waals surface area contributed by atoms with E-state index in [2.05, 4.69) is 14.9 Å². The van der Waals surface area contributed by atoms with Gasteiger partial charge in [0.2, 0.25) is 0 Å². The molecule has 0 aliphatic carbocycles. The van der Waals surface area contributed by atoms with Crippen molar-refractivity contribution in [2.45, 2.75) is 32.1 Å². The monoisotopic (exact) mass is 221 g/mol. The number of morpholine rings is 1. The first-order valence-corrected chi connectivity index (χ1v) is 5.54. The maximum absolute atomic E-state index is 9.89. The summed E-state index contributed by atoms with van der Waals surface area (Å²) in [7, 11) is 0. The third-order valence-electron chi connectivity index (χ3n) is 3.28. The lowest BCUT2D eigenvalue weighted by atomic mass is 10.2. The average molecular weight is 221 g/mol. The molecule has 0 radical (unpaired) electrons. The van der Waals surface area contributed by atoms with E-state index in [1.807, 2.05) is 19.9 Å². The summed E-state index contributed by atoms with van der Waals surface area (Å²) in [5.74, 6) is 1.67. The molecule has 2 bridgehead atoms. The Hall–Kier alpha value is -1.20. The second-order valence-electron chi connectivity index (χ2n) is 4.50. The second-order valence-corrected chi connectivity index (χ2v) is 4.50. The SMILES string of the molecule is Cc1cc(N2CC3OCC2C3O)nc(C)n1. The first-order chi connectivity index (χ1) is 7.65. The van der Waals surface area contributed by atoms with E-state index in [0.29, 0.717) is 6.61 Å². The molecular weight excluding hydrogens is 206 g/mol. The number of aromatic nitrogens is 2. The highest BCUT2D eigenvalue weighted by Crippen LogP contribution is 2.31. The van der Waals surface area contributed by atoms with Crippen molar-refractivity contribution in [2.24, 2.45) is 0 Å². The van der Waals surface area contributed by atoms with Gasteiger partial charge in [-0.15, -0.1) is 0 Å². The summed E-state index contributed by atoms with van der Waals surface area (Å²) in [5.41, 5.74) is 0.959. The van der Waals surface area contributed by atoms with Crippen molar-refractivity contribution in [2.75, 3.05) is 18.1 Å². The quantitative estimate of drug-likeness (QED) is 0.725. The Labute approximate surface area is 94.1 Å². The number of aliphatic hydroxyl groups is 1. The van der Waals surface area contributed by atoms with Gasteiger partial charge in [-0.2, -0.15) is 0 Å². The van der Waals surface area contributed by atoms with Crippen LogP contribution >= 0.6 is 0 Å². The predicted molar refractivity (Wildman–Crippen MR) is 58.4 cm³/mol. The number of aryl methyl sites for hydroxylation is 2. The Morgan fingerprint density at radius 2 is 2.25 bits per heavy atom. The van der Waals surface area contributed by atoms with Crippen molar-refractivity contribution in [3.63, 3.8) is 0 Å². The van der Waals surface area contributed by atoms with Crippen LogP contribution in [-0.4, -0.2) is 46.5 Å². The highest BCUT2D eigenvalue weighted by Gasteiger charge is 2.47. The van der Waals surface area contributed by atoms with Gasteiger partial charge in [-0.3, -0.25) is 0 Å². The number of ether oxygens (including phenoxy) is 1. The molecule has 2 aliphatic rings. The summed E-state index contributed by atoms with van der Waals surface area (Å²) in [6.45, 7) is 5.16. The molecule has 2 saturated heterocycles. The van der Waals surface area contributed by atoms with Gasteiger partial charge >= 0.3 is 0 Å². The van der Waals surface area contributed by atoms with Gasteiger partial charge < -0.3 is 14.7 Å². The van der Waals surface area contributed by atoms with Crippen LogP contribution in [0.2, 0.25) is 0 Å². The fraction of sp³-hybridized carbons (Fsp3) is 0.636. The number of anilines is 1. The number of aliphatic hydroxyl groups excluding tert-OH is 1. The molecule has 0 spiro atoms. The van der Waals surface area contributed by atoms with E-state index in [9.17, 15) is 5.11 Å². The molecule has 0 amide bonds. The summed E-state index contributed by atoms with van der Waals surface area (Å²) in [6, 6.07) is 2.01. The van der Waals surface area contributed by atoms with Gasteiger partial charge in [0.15, 0.2) is 0 Å². The normalized spacial score (nSPS) is 32.4. The van der Waals surface area contributed by atoms with Crippen LogP contribution in [0.1, 0.15) is 11.5 Å². The Kier molecular flexibility index (Phi) is 2.12. The topological polar surface area (TPSA) is 58.5 Å². The van der Waals surface area contributed by atoms with Crippen LogP contribution in [0.4, 0.5) is 5.82 Å². The van der Waals surface area contributed by atoms with Crippen LogP contribution < -0.4 is 4.90 Å². The lowest BCUT2D eigenvalue weighted by molar-refractivity contribution is 0.0549. The smallest absolute Gasteiger partial charge is 0.133 e. The fourth-order valence-corrected chi connectivity index (χ4v) is 2.54. The lowest BCUT2D eigenvalue weighted by Crippen LogP contribution is -2.39. The minimum atomic E-state index is -0.379. The van der Waals surface area contributed by atoms with E-state index in [4.69, 9.17) is 4.74 Å². The largest absolute Gasteiger partial charge is 0.388 e. The number of fused-ring (bicyclic) bond motifs is 2. The van der Waals surface area contributed by atoms with Crippen LogP contribution in [-0.2, 0) is 4.74 Å². The van der Waals surface area contributed by atoms with Gasteiger partial charge in [-0.25, -0.2) is 9.97 Å². The summed E-state index contributed by atoms with van der Waals surface area (Å²) < 4.78 is 5.44. The molecule has 86 valence electrons. The van der Waals surface area contributed by atoms with Crippen molar-refractivity contribution in [3.05, 3.63) is 17.6 Å². The first-order valence-electron chi connectivity index (χ1n) is 5.54. The number of rotatable bonds is 1. The first kappa shape index (κ1) is 9.99. The van der Waals surface area contributed by atoms with Gasteiger partial charge in [0.25, 0.3) is 0 Å². The van der Waals surface area contributed by atoms with Crippen molar-refractivity contribution < 1.29 is 9.84 Å². The van der Waals surface area contributed by atoms with Crippen molar-refractivity contribution in [1.82, 2.24) is 9.97 Å². The molecular formula is C11H15N3O2. The Morgan fingerprint density at radius 1 is 1.44 bits per heavy atom. The minimum absolute atomic E-state index is 0.0544. The highest BCUT2D eigenvalue weighted by molar-refractivity contribution is 5.44. The third kappa shape index (κ3) is 1.39. The van der Waals surface area contributed by atoms with Gasteiger partial charge in [0.05, 0.1) is 12.6 Å². The van der Waals surface area contributed by atoms with Gasteiger partial charge in [0.1, 0.15) is 23.9 Å². The maximum atomic E-state index is 9.89. The molecule has 1 aromatic heterocycles. The fourth-order valence-electron chi connectivity index (χ4n) is 2.54. The van der Waals surface area contributed by atoms with Crippen molar-refractivity contribution in [1.29, 1.82) is 0 Å². The van der Waals surface area contributed by atoms with E-state index in [0.717, 1.165) is 23.9 Å². The highest BCUT2D eigenvalue weighted by atomic mass is 16.5. The van der Waals surface area contributed by atoms with E-state index in [1.54, 1.807) is 0 Å². The van der Waals surface area contributed by atoms with Crippen LogP contribution in [0.15, 0.2) is 6.07 Å². The zero-order valence-electron chi connectivity index (χ0n) is 9.42. The molecule has 3 heterocycles. The lowest BCUT2D eigenvalue weighted by Gasteiger charge is -2.27. The standard InChI is InChI=1S/C11H15N3O2/c1-6-3-10(13-7(2)12-6)14-4-9-11(15)8(14)5-16-9/h3,8-9,11,15H,4-5H2,1-2H3. The molecule has 3 unspecified atom stereocenters. The zero-order chi connectivity index (χ0) is 11.3. The van der Waals surface area contributed by atoms with Crippen LogP contribution in [0, 0.1) is 13.8 Å². The molecule has 5 nitrogen and oxygen atoms in total. The van der Waals surface area contributed by atoms with E-state index in [1.165, 1.54) is 0 Å². The zero-order valence-corrected chi connectivity index (χ0v) is 9.42. The molecule has 0 aromatic carbocycles.